The van der Waals surface area contributed by atoms with Gasteiger partial charge in [-0.2, -0.15) is 4.98 Å². The number of carbonyl (C=O) groups is 1. The van der Waals surface area contributed by atoms with E-state index in [4.69, 9.17) is 15.2 Å². The lowest BCUT2D eigenvalue weighted by Gasteiger charge is -2.13. The number of anilines is 1. The molecule has 2 atom stereocenters. The number of ether oxygens (including phenoxy) is 2. The van der Waals surface area contributed by atoms with Gasteiger partial charge in [-0.25, -0.2) is 4.98 Å². The van der Waals surface area contributed by atoms with Gasteiger partial charge >= 0.3 is 0 Å². The molecule has 1 aromatic carbocycles. The number of aromatic nitrogens is 2. The molecule has 3 rings (SSSR count). The van der Waals surface area contributed by atoms with Crippen LogP contribution in [0.1, 0.15) is 18.4 Å². The van der Waals surface area contributed by atoms with Crippen LogP contribution in [0.4, 0.5) is 5.95 Å². The van der Waals surface area contributed by atoms with Crippen molar-refractivity contribution in [3.63, 3.8) is 0 Å². The number of amides is 1. The minimum Gasteiger partial charge on any atom is -0.473 e. The van der Waals surface area contributed by atoms with Crippen LogP contribution < -0.4 is 15.8 Å². The SMILES string of the molecule is NC(=O)C1CCC(CNc2nccc(OCc3ccccc3)n2)O1. The lowest BCUT2D eigenvalue weighted by molar-refractivity contribution is -0.128. The van der Waals surface area contributed by atoms with Gasteiger partial charge in [0.05, 0.1) is 6.10 Å². The molecule has 0 radical (unpaired) electrons. The molecule has 2 heterocycles. The number of hydrogen-bond acceptors (Lipinski definition) is 6. The zero-order valence-electron chi connectivity index (χ0n) is 13.2. The first kappa shape index (κ1) is 16.2. The van der Waals surface area contributed by atoms with Crippen molar-refractivity contribution in [2.75, 3.05) is 11.9 Å². The number of hydrogen-bond donors (Lipinski definition) is 2. The molecule has 1 aromatic heterocycles. The Morgan fingerprint density at radius 2 is 2.12 bits per heavy atom. The molecular formula is C17H20N4O3. The predicted octanol–water partition coefficient (Wildman–Crippen LogP) is 1.50. The van der Waals surface area contributed by atoms with E-state index in [9.17, 15) is 4.79 Å². The molecule has 1 aliphatic heterocycles. The summed E-state index contributed by atoms with van der Waals surface area (Å²) in [5.74, 6) is 0.551. The Morgan fingerprint density at radius 1 is 1.29 bits per heavy atom. The summed E-state index contributed by atoms with van der Waals surface area (Å²) < 4.78 is 11.2. The molecule has 0 bridgehead atoms. The van der Waals surface area contributed by atoms with Gasteiger partial charge in [0.25, 0.3) is 0 Å². The number of benzene rings is 1. The fraction of sp³-hybridized carbons (Fsp3) is 0.353. The summed E-state index contributed by atoms with van der Waals surface area (Å²) in [5.41, 5.74) is 6.31. The van der Waals surface area contributed by atoms with Crippen LogP contribution in [0.15, 0.2) is 42.6 Å². The maximum Gasteiger partial charge on any atom is 0.246 e. The van der Waals surface area contributed by atoms with Crippen molar-refractivity contribution < 1.29 is 14.3 Å². The lowest BCUT2D eigenvalue weighted by atomic mass is 10.2. The molecule has 1 amide bonds. The Hall–Kier alpha value is -2.67. The van der Waals surface area contributed by atoms with Crippen LogP contribution in [0.3, 0.4) is 0 Å². The quantitative estimate of drug-likeness (QED) is 0.799. The van der Waals surface area contributed by atoms with Crippen molar-refractivity contribution in [1.82, 2.24) is 9.97 Å². The maximum absolute atomic E-state index is 11.1. The van der Waals surface area contributed by atoms with Crippen LogP contribution in [0.25, 0.3) is 0 Å². The number of rotatable bonds is 7. The second-order valence-corrected chi connectivity index (χ2v) is 5.60. The summed E-state index contributed by atoms with van der Waals surface area (Å²) in [4.78, 5) is 19.6. The average Bonchev–Trinajstić information content (AvgIpc) is 3.09. The summed E-state index contributed by atoms with van der Waals surface area (Å²) in [6.45, 7) is 0.967. The van der Waals surface area contributed by atoms with E-state index in [2.05, 4.69) is 15.3 Å². The first-order chi connectivity index (χ1) is 11.7. The Bertz CT molecular complexity index is 681. The van der Waals surface area contributed by atoms with E-state index in [0.717, 1.165) is 12.0 Å². The Morgan fingerprint density at radius 3 is 2.88 bits per heavy atom. The topological polar surface area (TPSA) is 99.4 Å². The Kier molecular flexibility index (Phi) is 5.22. The van der Waals surface area contributed by atoms with Crippen molar-refractivity contribution in [2.45, 2.75) is 31.7 Å². The van der Waals surface area contributed by atoms with Crippen molar-refractivity contribution in [3.05, 3.63) is 48.2 Å². The van der Waals surface area contributed by atoms with E-state index in [1.807, 2.05) is 30.3 Å². The molecule has 1 fully saturated rings. The van der Waals surface area contributed by atoms with E-state index < -0.39 is 12.0 Å². The molecule has 3 N–H and O–H groups in total. The summed E-state index contributed by atoms with van der Waals surface area (Å²) >= 11 is 0. The van der Waals surface area contributed by atoms with Gasteiger partial charge in [-0.05, 0) is 18.4 Å². The second-order valence-electron chi connectivity index (χ2n) is 5.60. The van der Waals surface area contributed by atoms with E-state index in [1.54, 1.807) is 12.3 Å². The average molecular weight is 328 g/mol. The van der Waals surface area contributed by atoms with Crippen molar-refractivity contribution >= 4 is 11.9 Å². The fourth-order valence-corrected chi connectivity index (χ4v) is 2.51. The highest BCUT2D eigenvalue weighted by atomic mass is 16.5. The van der Waals surface area contributed by atoms with E-state index in [-0.39, 0.29) is 6.10 Å². The molecule has 2 unspecified atom stereocenters. The van der Waals surface area contributed by atoms with Crippen molar-refractivity contribution in [2.24, 2.45) is 5.73 Å². The molecule has 1 aliphatic rings. The highest BCUT2D eigenvalue weighted by Gasteiger charge is 2.28. The molecule has 126 valence electrons. The predicted molar refractivity (Wildman–Crippen MR) is 88.4 cm³/mol. The van der Waals surface area contributed by atoms with Gasteiger partial charge in [0.15, 0.2) is 0 Å². The van der Waals surface area contributed by atoms with Gasteiger partial charge in [0.2, 0.25) is 17.7 Å². The zero-order valence-corrected chi connectivity index (χ0v) is 13.2. The number of nitrogens with two attached hydrogens (primary N) is 1. The van der Waals surface area contributed by atoms with Crippen LogP contribution in [-0.2, 0) is 16.1 Å². The van der Waals surface area contributed by atoms with Gasteiger partial charge < -0.3 is 20.5 Å². The molecule has 0 spiro atoms. The number of nitrogens with one attached hydrogen (secondary N) is 1. The molecule has 1 saturated heterocycles. The molecule has 2 aromatic rings. The normalized spacial score (nSPS) is 19.8. The third kappa shape index (κ3) is 4.42. The van der Waals surface area contributed by atoms with Crippen LogP contribution in [0.2, 0.25) is 0 Å². The van der Waals surface area contributed by atoms with Crippen LogP contribution in [0.5, 0.6) is 5.88 Å². The highest BCUT2D eigenvalue weighted by Crippen LogP contribution is 2.20. The number of carbonyl (C=O) groups excluding carboxylic acids is 1. The third-order valence-electron chi connectivity index (χ3n) is 3.77. The number of nitrogens with zero attached hydrogens (tertiary/aromatic N) is 2. The van der Waals surface area contributed by atoms with Gasteiger partial charge in [0.1, 0.15) is 12.7 Å². The molecule has 0 saturated carbocycles. The molecule has 7 nitrogen and oxygen atoms in total. The largest absolute Gasteiger partial charge is 0.473 e. The van der Waals surface area contributed by atoms with Crippen LogP contribution in [-0.4, -0.2) is 34.6 Å². The van der Waals surface area contributed by atoms with E-state index in [0.29, 0.717) is 31.4 Å². The summed E-state index contributed by atoms with van der Waals surface area (Å²) in [6.07, 6.45) is 2.52. The van der Waals surface area contributed by atoms with Gasteiger partial charge in [-0.1, -0.05) is 30.3 Å². The van der Waals surface area contributed by atoms with Gasteiger partial charge in [-0.15, -0.1) is 0 Å². The van der Waals surface area contributed by atoms with Gasteiger partial charge in [0, 0.05) is 18.8 Å². The zero-order chi connectivity index (χ0) is 16.8. The van der Waals surface area contributed by atoms with Gasteiger partial charge in [-0.3, -0.25) is 4.79 Å². The fourth-order valence-electron chi connectivity index (χ4n) is 2.51. The minimum absolute atomic E-state index is 0.0695. The molecular weight excluding hydrogens is 308 g/mol. The Balaban J connectivity index is 1.49. The smallest absolute Gasteiger partial charge is 0.246 e. The van der Waals surface area contributed by atoms with Crippen LogP contribution in [0, 0.1) is 0 Å². The standard InChI is InChI=1S/C17H20N4O3/c18-16(22)14-7-6-13(24-14)10-20-17-19-9-8-15(21-17)23-11-12-4-2-1-3-5-12/h1-5,8-9,13-14H,6-7,10-11H2,(H2,18,22)(H,19,20,21). The molecule has 7 heteroatoms. The molecule has 0 aliphatic carbocycles. The summed E-state index contributed by atoms with van der Waals surface area (Å²) in [5, 5.41) is 3.11. The van der Waals surface area contributed by atoms with Crippen molar-refractivity contribution in [3.8, 4) is 5.88 Å². The lowest BCUT2D eigenvalue weighted by Crippen LogP contribution is -2.30. The second kappa shape index (κ2) is 7.74. The summed E-state index contributed by atoms with van der Waals surface area (Å²) in [6, 6.07) is 11.6. The Labute approximate surface area is 140 Å². The highest BCUT2D eigenvalue weighted by molar-refractivity contribution is 5.79. The molecule has 24 heavy (non-hydrogen) atoms. The number of primary amides is 1. The third-order valence-corrected chi connectivity index (χ3v) is 3.77. The maximum atomic E-state index is 11.1. The summed E-state index contributed by atoms with van der Waals surface area (Å²) in [7, 11) is 0. The van der Waals surface area contributed by atoms with E-state index in [1.165, 1.54) is 0 Å². The monoisotopic (exact) mass is 328 g/mol. The van der Waals surface area contributed by atoms with E-state index >= 15 is 0 Å². The van der Waals surface area contributed by atoms with Crippen molar-refractivity contribution in [1.29, 1.82) is 0 Å². The van der Waals surface area contributed by atoms with Crippen LogP contribution >= 0.6 is 0 Å². The minimum atomic E-state index is -0.488. The first-order valence-electron chi connectivity index (χ1n) is 7.89. The first-order valence-corrected chi connectivity index (χ1v) is 7.89.